The molecular formula is C9H8BN3. The summed E-state index contributed by atoms with van der Waals surface area (Å²) >= 11 is 0. The highest BCUT2D eigenvalue weighted by Crippen LogP contribution is 2.12. The van der Waals surface area contributed by atoms with E-state index in [4.69, 9.17) is 18.8 Å². The molecule has 2 radical (unpaired) electrons. The Kier molecular flexibility index (Phi) is 2.71. The van der Waals surface area contributed by atoms with Crippen molar-refractivity contribution in [2.75, 3.05) is 12.8 Å². The quantitative estimate of drug-likeness (QED) is 0.365. The van der Waals surface area contributed by atoms with Crippen molar-refractivity contribution in [2.24, 2.45) is 4.99 Å². The van der Waals surface area contributed by atoms with Crippen LogP contribution in [0.4, 0.5) is 5.69 Å². The number of aliphatic imine (C=N–C) groups is 1. The molecule has 0 amide bonds. The Morgan fingerprint density at radius 1 is 1.62 bits per heavy atom. The molecule has 0 fully saturated rings. The van der Waals surface area contributed by atoms with Gasteiger partial charge in [0.1, 0.15) is 13.9 Å². The van der Waals surface area contributed by atoms with Gasteiger partial charge in [0.25, 0.3) is 0 Å². The van der Waals surface area contributed by atoms with Crippen molar-refractivity contribution < 1.29 is 0 Å². The van der Waals surface area contributed by atoms with Gasteiger partial charge in [-0.25, -0.2) is 0 Å². The third-order valence-electron chi connectivity index (χ3n) is 1.62. The molecule has 0 aliphatic carbocycles. The molecule has 1 rings (SSSR count). The minimum Gasteiger partial charge on any atom is -0.397 e. The van der Waals surface area contributed by atoms with Crippen LogP contribution in [0.2, 0.25) is 0 Å². The van der Waals surface area contributed by atoms with E-state index in [9.17, 15) is 0 Å². The molecule has 0 aliphatic heterocycles. The van der Waals surface area contributed by atoms with Gasteiger partial charge in [0.15, 0.2) is 0 Å². The molecule has 1 aromatic carbocycles. The second-order valence-electron chi connectivity index (χ2n) is 2.57. The van der Waals surface area contributed by atoms with Crippen molar-refractivity contribution in [3.05, 3.63) is 23.3 Å². The van der Waals surface area contributed by atoms with Crippen LogP contribution in [0.25, 0.3) is 0 Å². The molecule has 0 unspecified atom stereocenters. The van der Waals surface area contributed by atoms with E-state index in [1.807, 2.05) is 6.07 Å². The van der Waals surface area contributed by atoms with Crippen LogP contribution in [0, 0.1) is 11.3 Å². The van der Waals surface area contributed by atoms with Gasteiger partial charge in [-0.1, -0.05) is 11.5 Å². The number of nitrogens with zero attached hydrogens (tertiary/aromatic N) is 2. The van der Waals surface area contributed by atoms with Gasteiger partial charge in [0.2, 0.25) is 0 Å². The fourth-order valence-corrected chi connectivity index (χ4v) is 1.04. The topological polar surface area (TPSA) is 62.2 Å². The summed E-state index contributed by atoms with van der Waals surface area (Å²) in [5, 5.41) is 8.71. The lowest BCUT2D eigenvalue weighted by Crippen LogP contribution is -2.08. The van der Waals surface area contributed by atoms with Crippen LogP contribution >= 0.6 is 0 Å². The van der Waals surface area contributed by atoms with Crippen LogP contribution in [0.1, 0.15) is 11.1 Å². The van der Waals surface area contributed by atoms with Gasteiger partial charge in [-0.15, -0.1) is 0 Å². The first-order valence-electron chi connectivity index (χ1n) is 3.70. The fraction of sp³-hybridized carbons (Fsp3) is 0.111. The second-order valence-corrected chi connectivity index (χ2v) is 2.57. The normalized spacial score (nSPS) is 10.2. The molecule has 4 heteroatoms. The zero-order chi connectivity index (χ0) is 9.84. The van der Waals surface area contributed by atoms with Gasteiger partial charge in [-0.05, 0) is 6.07 Å². The molecular weight excluding hydrogens is 161 g/mol. The molecule has 0 bridgehead atoms. The number of hydrogen-bond acceptors (Lipinski definition) is 3. The smallest absolute Gasteiger partial charge is 0.113 e. The minimum absolute atomic E-state index is 0.384. The van der Waals surface area contributed by atoms with E-state index in [1.54, 1.807) is 25.4 Å². The number of hydrogen-bond donors (Lipinski definition) is 1. The van der Waals surface area contributed by atoms with Crippen molar-refractivity contribution in [1.82, 2.24) is 0 Å². The number of benzene rings is 1. The van der Waals surface area contributed by atoms with Gasteiger partial charge in [0.05, 0.1) is 11.3 Å². The molecule has 0 heterocycles. The van der Waals surface area contributed by atoms with E-state index in [0.717, 1.165) is 0 Å². The summed E-state index contributed by atoms with van der Waals surface area (Å²) < 4.78 is 0. The van der Waals surface area contributed by atoms with Crippen molar-refractivity contribution in [3.8, 4) is 6.07 Å². The van der Waals surface area contributed by atoms with E-state index >= 15 is 0 Å². The maximum atomic E-state index is 8.71. The first-order valence-corrected chi connectivity index (χ1v) is 3.70. The van der Waals surface area contributed by atoms with Crippen molar-refractivity contribution in [2.45, 2.75) is 0 Å². The van der Waals surface area contributed by atoms with Gasteiger partial charge < -0.3 is 5.73 Å². The summed E-state index contributed by atoms with van der Waals surface area (Å²) in [4.78, 5) is 3.81. The molecule has 13 heavy (non-hydrogen) atoms. The summed E-state index contributed by atoms with van der Waals surface area (Å²) in [6.45, 7) is 0. The summed E-state index contributed by atoms with van der Waals surface area (Å²) in [5.41, 5.74) is 7.68. The zero-order valence-corrected chi connectivity index (χ0v) is 7.28. The lowest BCUT2D eigenvalue weighted by atomic mass is 9.91. The largest absolute Gasteiger partial charge is 0.397 e. The van der Waals surface area contributed by atoms with Crippen LogP contribution in [0.15, 0.2) is 17.1 Å². The predicted octanol–water partition coefficient (Wildman–Crippen LogP) is -0.0170. The minimum atomic E-state index is 0.384. The molecule has 0 atom stereocenters. The van der Waals surface area contributed by atoms with Gasteiger partial charge >= 0.3 is 0 Å². The number of rotatable bonds is 1. The van der Waals surface area contributed by atoms with Crippen molar-refractivity contribution in [1.29, 1.82) is 5.26 Å². The van der Waals surface area contributed by atoms with Crippen molar-refractivity contribution >= 4 is 25.2 Å². The third kappa shape index (κ3) is 1.88. The molecule has 0 saturated carbocycles. The summed E-state index contributed by atoms with van der Waals surface area (Å²) in [5.74, 6) is 0. The number of nitrogen functional groups attached to an aromatic ring is 1. The first kappa shape index (κ1) is 9.33. The molecule has 1 aromatic rings. The lowest BCUT2D eigenvalue weighted by molar-refractivity contribution is 1.45. The lowest BCUT2D eigenvalue weighted by Gasteiger charge is -2.03. The van der Waals surface area contributed by atoms with Gasteiger partial charge in [-0.2, -0.15) is 5.26 Å². The van der Waals surface area contributed by atoms with Crippen molar-refractivity contribution in [3.63, 3.8) is 0 Å². The van der Waals surface area contributed by atoms with E-state index in [1.165, 1.54) is 0 Å². The number of nitriles is 1. The first-order chi connectivity index (χ1) is 6.19. The SMILES string of the molecule is [B]c1cc(C#N)c(N)c(C=NC)c1. The molecule has 0 aromatic heterocycles. The van der Waals surface area contributed by atoms with Crippen LogP contribution in [-0.2, 0) is 0 Å². The van der Waals surface area contributed by atoms with Gasteiger partial charge in [-0.3, -0.25) is 4.99 Å². The predicted molar refractivity (Wildman–Crippen MR) is 54.5 cm³/mol. The third-order valence-corrected chi connectivity index (χ3v) is 1.62. The van der Waals surface area contributed by atoms with Crippen LogP contribution < -0.4 is 11.2 Å². The Morgan fingerprint density at radius 3 is 2.85 bits per heavy atom. The Bertz CT molecular complexity index is 391. The van der Waals surface area contributed by atoms with E-state index in [2.05, 4.69) is 4.99 Å². The number of anilines is 1. The maximum absolute atomic E-state index is 8.71. The average Bonchev–Trinajstić information content (AvgIpc) is 2.11. The van der Waals surface area contributed by atoms with Crippen LogP contribution in [0.3, 0.4) is 0 Å². The van der Waals surface area contributed by atoms with E-state index in [0.29, 0.717) is 22.3 Å². The average molecular weight is 169 g/mol. The highest BCUT2D eigenvalue weighted by atomic mass is 14.7. The van der Waals surface area contributed by atoms with E-state index < -0.39 is 0 Å². The molecule has 0 spiro atoms. The Balaban J connectivity index is 3.37. The molecule has 0 saturated heterocycles. The Morgan fingerprint density at radius 2 is 2.31 bits per heavy atom. The Hall–Kier alpha value is -1.76. The van der Waals surface area contributed by atoms with Crippen LogP contribution in [-0.4, -0.2) is 21.1 Å². The highest BCUT2D eigenvalue weighted by molar-refractivity contribution is 6.33. The van der Waals surface area contributed by atoms with Gasteiger partial charge in [0, 0.05) is 18.8 Å². The molecule has 0 aliphatic rings. The zero-order valence-electron chi connectivity index (χ0n) is 7.28. The standard InChI is InChI=1S/C9H8BN3/c1-13-5-7-3-8(10)2-6(4-11)9(7)12/h2-3,5H,12H2,1H3. The number of nitrogens with two attached hydrogens (primary N) is 1. The summed E-state index contributed by atoms with van der Waals surface area (Å²) in [7, 11) is 7.20. The monoisotopic (exact) mass is 169 g/mol. The van der Waals surface area contributed by atoms with Crippen LogP contribution in [0.5, 0.6) is 0 Å². The molecule has 3 nitrogen and oxygen atoms in total. The summed E-state index contributed by atoms with van der Waals surface area (Å²) in [6, 6.07) is 5.20. The molecule has 62 valence electrons. The highest BCUT2D eigenvalue weighted by Gasteiger charge is 2.03. The Labute approximate surface area is 78.3 Å². The molecule has 2 N–H and O–H groups in total. The fourth-order valence-electron chi connectivity index (χ4n) is 1.04. The second kappa shape index (κ2) is 3.77. The van der Waals surface area contributed by atoms with E-state index in [-0.39, 0.29) is 0 Å². The maximum Gasteiger partial charge on any atom is 0.113 e. The summed E-state index contributed by atoms with van der Waals surface area (Å²) in [6.07, 6.45) is 1.58.